The second kappa shape index (κ2) is 22.1. The fourth-order valence-electron chi connectivity index (χ4n) is 0.258. The second-order valence-electron chi connectivity index (χ2n) is 3.65. The molecule has 0 saturated carbocycles. The molecule has 0 aliphatic carbocycles. The molecule has 0 aromatic carbocycles. The van der Waals surface area contributed by atoms with Crippen LogP contribution in [-0.4, -0.2) is 67.7 Å². The smallest absolute Gasteiger partial charge is 1.00 e. The molecular formula is C3H19F5LiO18P5S. The standard InChI is InChI=1S/C3H8O3S.5FH2O3P.Li.H/c1-2-3-7(4,5)6;5*1-5(2,3)4;;/h2-3H2,1H3,(H,4,5,6);5*(H2,2,3,4);;/q;;;;;;+1;-1. The molecule has 0 atom stereocenters. The van der Waals surface area contributed by atoms with Gasteiger partial charge in [0.1, 0.15) is 0 Å². The molecule has 0 spiro atoms. The van der Waals surface area contributed by atoms with Crippen LogP contribution in [0.2, 0.25) is 0 Å². The Bertz CT molecular complexity index is 639. The van der Waals surface area contributed by atoms with Crippen molar-refractivity contribution in [1.82, 2.24) is 0 Å². The first-order valence-electron chi connectivity index (χ1n) is 5.77. The van der Waals surface area contributed by atoms with Gasteiger partial charge in [0, 0.05) is 0 Å². The van der Waals surface area contributed by atoms with Gasteiger partial charge in [-0.1, -0.05) is 6.92 Å². The maximum atomic E-state index is 10.4. The Morgan fingerprint density at radius 1 is 0.576 bits per heavy atom. The van der Waals surface area contributed by atoms with Gasteiger partial charge in [-0.2, -0.15) is 8.42 Å². The fourth-order valence-corrected chi connectivity index (χ4v) is 0.774. The normalized spacial score (nSPS) is 11.4. The van der Waals surface area contributed by atoms with Crippen molar-refractivity contribution in [3.8, 4) is 0 Å². The Kier molecular flexibility index (Phi) is 34.0. The molecule has 0 aromatic rings. The maximum absolute atomic E-state index is 10.4. The molecule has 11 N–H and O–H groups in total. The summed E-state index contributed by atoms with van der Waals surface area (Å²) in [6.07, 6.45) is 0.471. The molecule has 0 amide bonds. The fraction of sp³-hybridized carbons (Fsp3) is 1.00. The average Bonchev–Trinajstić information content (AvgIpc) is 2.12. The van der Waals surface area contributed by atoms with Crippen molar-refractivity contribution in [3.63, 3.8) is 0 Å². The molecule has 0 aliphatic rings. The summed E-state index contributed by atoms with van der Waals surface area (Å²) >= 11 is 0. The van der Waals surface area contributed by atoms with Gasteiger partial charge in [-0.05, 0) is 6.42 Å². The summed E-state index contributed by atoms with van der Waals surface area (Å²) in [5.74, 6) is -0.132. The van der Waals surface area contributed by atoms with Crippen molar-refractivity contribution in [2.45, 2.75) is 13.3 Å². The van der Waals surface area contributed by atoms with Crippen LogP contribution < -0.4 is 18.9 Å². The third-order valence-electron chi connectivity index (χ3n) is 0.462. The van der Waals surface area contributed by atoms with E-state index >= 15 is 0 Å². The Morgan fingerprint density at radius 3 is 0.667 bits per heavy atom. The quantitative estimate of drug-likeness (QED) is 0.0656. The molecule has 0 bridgehead atoms. The number of hydrogen-bond donors (Lipinski definition) is 11. The van der Waals surface area contributed by atoms with Crippen LogP contribution in [-0.2, 0) is 32.9 Å². The van der Waals surface area contributed by atoms with Crippen molar-refractivity contribution in [2.24, 2.45) is 0 Å². The zero-order chi connectivity index (χ0) is 28.4. The topological polar surface area (TPSA) is 342 Å². The molecule has 0 aliphatic heterocycles. The van der Waals surface area contributed by atoms with E-state index in [9.17, 15) is 29.4 Å². The molecule has 33 heavy (non-hydrogen) atoms. The van der Waals surface area contributed by atoms with E-state index in [1.165, 1.54) is 0 Å². The summed E-state index contributed by atoms with van der Waals surface area (Å²) in [6, 6.07) is 0. The first-order valence-corrected chi connectivity index (χ1v) is 14.9. The van der Waals surface area contributed by atoms with Gasteiger partial charge in [0.15, 0.2) is 0 Å². The number of rotatable bonds is 2. The first-order chi connectivity index (χ1) is 13.1. The van der Waals surface area contributed by atoms with Gasteiger partial charge < -0.3 is 1.43 Å². The molecule has 0 fully saturated rings. The number of hydrogen-bond acceptors (Lipinski definition) is 7. The van der Waals surface area contributed by atoms with Crippen LogP contribution >= 0.6 is 39.5 Å². The van der Waals surface area contributed by atoms with Crippen LogP contribution in [0.15, 0.2) is 0 Å². The van der Waals surface area contributed by atoms with Gasteiger partial charge in [-0.15, -0.1) is 21.0 Å². The molecular weight excluding hydrogens is 613 g/mol. The second-order valence-corrected chi connectivity index (χ2v) is 9.95. The van der Waals surface area contributed by atoms with E-state index < -0.39 is 49.7 Å². The summed E-state index contributed by atoms with van der Waals surface area (Å²) < 4.78 is 123. The van der Waals surface area contributed by atoms with Gasteiger partial charge in [-0.3, -0.25) is 53.5 Å². The van der Waals surface area contributed by atoms with Crippen molar-refractivity contribution in [1.29, 1.82) is 0 Å². The minimum atomic E-state index is -5.14. The first kappa shape index (κ1) is 50.7. The Labute approximate surface area is 195 Å². The van der Waals surface area contributed by atoms with Gasteiger partial charge in [0.2, 0.25) is 0 Å². The van der Waals surface area contributed by atoms with Crippen LogP contribution in [0.4, 0.5) is 21.0 Å². The van der Waals surface area contributed by atoms with Crippen molar-refractivity contribution >= 4 is 49.7 Å². The molecule has 30 heteroatoms. The minimum Gasteiger partial charge on any atom is -1.00 e. The summed E-state index contributed by atoms with van der Waals surface area (Å²) in [5.41, 5.74) is 0. The van der Waals surface area contributed by atoms with E-state index in [1.54, 1.807) is 6.92 Å². The van der Waals surface area contributed by atoms with Gasteiger partial charge in [0.05, 0.1) is 5.75 Å². The molecule has 0 aromatic heterocycles. The van der Waals surface area contributed by atoms with E-state index in [4.69, 9.17) is 76.3 Å². The van der Waals surface area contributed by atoms with Crippen LogP contribution in [0, 0.1) is 0 Å². The van der Waals surface area contributed by atoms with E-state index in [-0.39, 0.29) is 26.0 Å². The van der Waals surface area contributed by atoms with E-state index in [1.807, 2.05) is 0 Å². The van der Waals surface area contributed by atoms with Gasteiger partial charge in [-0.25, -0.2) is 22.8 Å². The van der Waals surface area contributed by atoms with Crippen LogP contribution in [0.3, 0.4) is 0 Å². The zero-order valence-electron chi connectivity index (χ0n) is 16.7. The van der Waals surface area contributed by atoms with Crippen LogP contribution in [0.25, 0.3) is 0 Å². The molecule has 206 valence electrons. The van der Waals surface area contributed by atoms with Crippen LogP contribution in [0.5, 0.6) is 0 Å². The molecule has 0 saturated heterocycles. The Morgan fingerprint density at radius 2 is 0.667 bits per heavy atom. The van der Waals surface area contributed by atoms with E-state index in [0.29, 0.717) is 6.42 Å². The van der Waals surface area contributed by atoms with E-state index in [2.05, 4.69) is 0 Å². The third-order valence-corrected chi connectivity index (χ3v) is 1.39. The van der Waals surface area contributed by atoms with Crippen molar-refractivity contribution in [2.75, 3.05) is 5.75 Å². The van der Waals surface area contributed by atoms with Crippen LogP contribution in [0.1, 0.15) is 14.8 Å². The molecule has 18 nitrogen and oxygen atoms in total. The zero-order valence-corrected chi connectivity index (χ0v) is 21.0. The predicted molar refractivity (Wildman–Crippen MR) is 93.6 cm³/mol. The molecule has 0 radical (unpaired) electrons. The average molecular weight is 632 g/mol. The summed E-state index contributed by atoms with van der Waals surface area (Å²) in [7, 11) is -29.4. The number of halogens is 5. The molecule has 0 rings (SSSR count). The minimum absolute atomic E-state index is 0. The third kappa shape index (κ3) is 1310. The summed E-state index contributed by atoms with van der Waals surface area (Å²) in [4.78, 5) is 69.7. The Hall–Kier alpha value is 0.907. The maximum Gasteiger partial charge on any atom is 1.00 e. The molecule has 0 heterocycles. The summed E-state index contributed by atoms with van der Waals surface area (Å²) in [6.45, 7) is 1.69. The predicted octanol–water partition coefficient (Wildman–Crippen LogP) is -2.36. The van der Waals surface area contributed by atoms with Gasteiger partial charge in [0.25, 0.3) is 10.1 Å². The van der Waals surface area contributed by atoms with Crippen molar-refractivity contribution in [3.05, 3.63) is 0 Å². The van der Waals surface area contributed by atoms with Gasteiger partial charge >= 0.3 is 58.4 Å². The molecule has 0 unspecified atom stereocenters. The monoisotopic (exact) mass is 632 g/mol. The van der Waals surface area contributed by atoms with E-state index in [0.717, 1.165) is 0 Å². The SMILES string of the molecule is CCCS(=O)(=O)O.O=P(O)(O)F.O=P(O)(O)F.O=P(O)(O)F.O=P(O)(O)F.O=P(O)(O)F.[H-].[Li+]. The largest absolute Gasteiger partial charge is 1.00 e. The Balaban J connectivity index is -0.0000000395. The van der Waals surface area contributed by atoms with Crippen molar-refractivity contribution < 1.29 is 126 Å². The summed E-state index contributed by atoms with van der Waals surface area (Å²) in [5, 5.41) is 0.